The first-order chi connectivity index (χ1) is 7.40. The van der Waals surface area contributed by atoms with Gasteiger partial charge in [-0.2, -0.15) is 5.10 Å². The monoisotopic (exact) mass is 209 g/mol. The van der Waals surface area contributed by atoms with E-state index in [1.807, 2.05) is 18.5 Å². The number of aliphatic hydroxyl groups excluding tert-OH is 1. The van der Waals surface area contributed by atoms with Crippen molar-refractivity contribution in [2.45, 2.75) is 25.3 Å². The van der Waals surface area contributed by atoms with Crippen molar-refractivity contribution in [3.8, 4) is 0 Å². The number of piperidine rings is 1. The highest BCUT2D eigenvalue weighted by atomic mass is 16.3. The van der Waals surface area contributed by atoms with E-state index in [4.69, 9.17) is 5.11 Å². The van der Waals surface area contributed by atoms with Gasteiger partial charge in [0, 0.05) is 38.6 Å². The summed E-state index contributed by atoms with van der Waals surface area (Å²) in [7, 11) is 0. The van der Waals surface area contributed by atoms with Gasteiger partial charge >= 0.3 is 0 Å². The first kappa shape index (κ1) is 10.6. The topological polar surface area (TPSA) is 41.3 Å². The van der Waals surface area contributed by atoms with Gasteiger partial charge in [0.1, 0.15) is 0 Å². The van der Waals surface area contributed by atoms with Gasteiger partial charge in [-0.25, -0.2) is 0 Å². The first-order valence-electron chi connectivity index (χ1n) is 5.72. The maximum Gasteiger partial charge on any atom is 0.0543 e. The third-order valence-electron chi connectivity index (χ3n) is 3.09. The van der Waals surface area contributed by atoms with Crippen molar-refractivity contribution >= 4 is 0 Å². The quantitative estimate of drug-likeness (QED) is 0.801. The Balaban J connectivity index is 1.77. The molecule has 15 heavy (non-hydrogen) atoms. The number of aliphatic hydroxyl groups is 1. The Bertz CT molecular complexity index is 265. The van der Waals surface area contributed by atoms with E-state index >= 15 is 0 Å². The lowest BCUT2D eigenvalue weighted by Crippen LogP contribution is -2.35. The van der Waals surface area contributed by atoms with Gasteiger partial charge in [-0.05, 0) is 25.3 Å². The molecule has 1 N–H and O–H groups in total. The minimum Gasteiger partial charge on any atom is -0.396 e. The maximum absolute atomic E-state index is 8.76. The maximum atomic E-state index is 8.76. The third kappa shape index (κ3) is 2.79. The van der Waals surface area contributed by atoms with Crippen molar-refractivity contribution in [2.75, 3.05) is 26.2 Å². The largest absolute Gasteiger partial charge is 0.396 e. The van der Waals surface area contributed by atoms with Gasteiger partial charge in [0.15, 0.2) is 0 Å². The summed E-state index contributed by atoms with van der Waals surface area (Å²) in [6.45, 7) is 3.59. The van der Waals surface area contributed by atoms with E-state index in [9.17, 15) is 0 Å². The predicted molar refractivity (Wildman–Crippen MR) is 58.6 cm³/mol. The van der Waals surface area contributed by atoms with Crippen LogP contribution in [0.1, 0.15) is 25.3 Å². The number of likely N-dealkylation sites (tertiary alicyclic amines) is 1. The number of rotatable bonds is 4. The zero-order valence-electron chi connectivity index (χ0n) is 9.05. The fraction of sp³-hybridized carbons (Fsp3) is 0.727. The SMILES string of the molecule is OCCCN1CCC(n2cccn2)CC1. The van der Waals surface area contributed by atoms with Gasteiger partial charge < -0.3 is 10.0 Å². The van der Waals surface area contributed by atoms with Gasteiger partial charge in [0.25, 0.3) is 0 Å². The molecule has 0 unspecified atom stereocenters. The Hall–Kier alpha value is -0.870. The summed E-state index contributed by atoms with van der Waals surface area (Å²) in [5.41, 5.74) is 0. The standard InChI is InChI=1S/C11H19N3O/c15-10-2-6-13-8-3-11(4-9-13)14-7-1-5-12-14/h1,5,7,11,15H,2-4,6,8-10H2. The van der Waals surface area contributed by atoms with Crippen molar-refractivity contribution in [3.05, 3.63) is 18.5 Å². The van der Waals surface area contributed by atoms with E-state index in [0.717, 1.165) is 26.1 Å². The zero-order chi connectivity index (χ0) is 10.5. The molecule has 1 saturated heterocycles. The molecule has 1 aliphatic rings. The Labute approximate surface area is 90.5 Å². The van der Waals surface area contributed by atoms with Crippen LogP contribution >= 0.6 is 0 Å². The minimum absolute atomic E-state index is 0.305. The number of hydrogen-bond donors (Lipinski definition) is 1. The van der Waals surface area contributed by atoms with E-state index in [-0.39, 0.29) is 0 Å². The third-order valence-corrected chi connectivity index (χ3v) is 3.09. The summed E-state index contributed by atoms with van der Waals surface area (Å²) in [4.78, 5) is 2.43. The second-order valence-corrected chi connectivity index (χ2v) is 4.14. The molecular weight excluding hydrogens is 190 g/mol. The fourth-order valence-corrected chi connectivity index (χ4v) is 2.20. The zero-order valence-corrected chi connectivity index (χ0v) is 9.05. The van der Waals surface area contributed by atoms with Crippen LogP contribution in [0.4, 0.5) is 0 Å². The molecule has 1 aromatic heterocycles. The Morgan fingerprint density at radius 1 is 1.33 bits per heavy atom. The van der Waals surface area contributed by atoms with Gasteiger partial charge in [0.05, 0.1) is 6.04 Å². The van der Waals surface area contributed by atoms with E-state index in [1.165, 1.54) is 12.8 Å². The molecule has 4 heteroatoms. The summed E-state index contributed by atoms with van der Waals surface area (Å²) in [6, 6.07) is 2.56. The summed E-state index contributed by atoms with van der Waals surface area (Å²) < 4.78 is 2.07. The molecule has 1 aromatic rings. The van der Waals surface area contributed by atoms with Gasteiger partial charge in [-0.15, -0.1) is 0 Å². The van der Waals surface area contributed by atoms with Crippen molar-refractivity contribution in [3.63, 3.8) is 0 Å². The Kier molecular flexibility index (Phi) is 3.75. The van der Waals surface area contributed by atoms with Crippen LogP contribution < -0.4 is 0 Å². The van der Waals surface area contributed by atoms with Crippen LogP contribution in [0.3, 0.4) is 0 Å². The molecule has 2 heterocycles. The molecule has 0 spiro atoms. The lowest BCUT2D eigenvalue weighted by atomic mass is 10.1. The Morgan fingerprint density at radius 3 is 2.73 bits per heavy atom. The smallest absolute Gasteiger partial charge is 0.0543 e. The van der Waals surface area contributed by atoms with E-state index in [1.54, 1.807) is 0 Å². The molecule has 4 nitrogen and oxygen atoms in total. The lowest BCUT2D eigenvalue weighted by molar-refractivity contribution is 0.164. The average molecular weight is 209 g/mol. The highest BCUT2D eigenvalue weighted by Gasteiger charge is 2.19. The van der Waals surface area contributed by atoms with Crippen LogP contribution in [0.25, 0.3) is 0 Å². The molecule has 0 saturated carbocycles. The average Bonchev–Trinajstić information content (AvgIpc) is 2.80. The summed E-state index contributed by atoms with van der Waals surface area (Å²) >= 11 is 0. The molecule has 0 aromatic carbocycles. The molecule has 0 aliphatic carbocycles. The molecule has 1 fully saturated rings. The van der Waals surface area contributed by atoms with Crippen LogP contribution in [0.15, 0.2) is 18.5 Å². The van der Waals surface area contributed by atoms with Crippen LogP contribution in [0.5, 0.6) is 0 Å². The van der Waals surface area contributed by atoms with Gasteiger partial charge in [-0.3, -0.25) is 4.68 Å². The molecule has 0 bridgehead atoms. The minimum atomic E-state index is 0.305. The van der Waals surface area contributed by atoms with Gasteiger partial charge in [0.2, 0.25) is 0 Å². The summed E-state index contributed by atoms with van der Waals surface area (Å²) in [6.07, 6.45) is 7.14. The summed E-state index contributed by atoms with van der Waals surface area (Å²) in [5, 5.41) is 13.0. The molecular formula is C11H19N3O. The molecule has 1 aliphatic heterocycles. The van der Waals surface area contributed by atoms with Crippen molar-refractivity contribution < 1.29 is 5.11 Å². The molecule has 84 valence electrons. The summed E-state index contributed by atoms with van der Waals surface area (Å²) in [5.74, 6) is 0. The normalized spacial score (nSPS) is 19.5. The number of aromatic nitrogens is 2. The number of nitrogens with zero attached hydrogens (tertiary/aromatic N) is 3. The number of hydrogen-bond acceptors (Lipinski definition) is 3. The van der Waals surface area contributed by atoms with E-state index in [0.29, 0.717) is 12.6 Å². The molecule has 0 atom stereocenters. The Morgan fingerprint density at radius 2 is 2.13 bits per heavy atom. The van der Waals surface area contributed by atoms with Crippen molar-refractivity contribution in [1.29, 1.82) is 0 Å². The van der Waals surface area contributed by atoms with Crippen molar-refractivity contribution in [1.82, 2.24) is 14.7 Å². The van der Waals surface area contributed by atoms with Crippen LogP contribution in [0, 0.1) is 0 Å². The van der Waals surface area contributed by atoms with Crippen LogP contribution in [-0.4, -0.2) is 46.0 Å². The van der Waals surface area contributed by atoms with E-state index in [2.05, 4.69) is 14.7 Å². The second-order valence-electron chi connectivity index (χ2n) is 4.14. The molecule has 2 rings (SSSR count). The first-order valence-corrected chi connectivity index (χ1v) is 5.72. The predicted octanol–water partition coefficient (Wildman–Crippen LogP) is 0.902. The molecule has 0 amide bonds. The van der Waals surface area contributed by atoms with Crippen molar-refractivity contribution in [2.24, 2.45) is 0 Å². The lowest BCUT2D eigenvalue weighted by Gasteiger charge is -2.31. The second kappa shape index (κ2) is 5.28. The van der Waals surface area contributed by atoms with E-state index < -0.39 is 0 Å². The van der Waals surface area contributed by atoms with Crippen LogP contribution in [0.2, 0.25) is 0 Å². The fourth-order valence-electron chi connectivity index (χ4n) is 2.20. The molecule has 0 radical (unpaired) electrons. The van der Waals surface area contributed by atoms with Crippen LogP contribution in [-0.2, 0) is 0 Å². The highest BCUT2D eigenvalue weighted by molar-refractivity contribution is 4.84. The highest BCUT2D eigenvalue weighted by Crippen LogP contribution is 2.21. The van der Waals surface area contributed by atoms with Gasteiger partial charge in [-0.1, -0.05) is 0 Å².